The maximum atomic E-state index is 10.2. The van der Waals surface area contributed by atoms with Crippen LogP contribution in [0.4, 0.5) is 0 Å². The highest BCUT2D eigenvalue weighted by molar-refractivity contribution is 6.68. The first-order valence-electron chi connectivity index (χ1n) is 4.45. The standard InChI is InChI=1S/C10H15ClO/c1-2-3-4-5-6-7-8-9-10(11)12/h2-7H2,1H3. The molecule has 0 bridgehead atoms. The van der Waals surface area contributed by atoms with E-state index in [9.17, 15) is 4.79 Å². The zero-order valence-electron chi connectivity index (χ0n) is 7.53. The van der Waals surface area contributed by atoms with E-state index in [1.54, 1.807) is 0 Å². The summed E-state index contributed by atoms with van der Waals surface area (Å²) in [4.78, 5) is 10.2. The van der Waals surface area contributed by atoms with Gasteiger partial charge in [-0.15, -0.1) is 0 Å². The van der Waals surface area contributed by atoms with Crippen LogP contribution < -0.4 is 0 Å². The van der Waals surface area contributed by atoms with Crippen molar-refractivity contribution in [2.24, 2.45) is 0 Å². The lowest BCUT2D eigenvalue weighted by molar-refractivity contribution is -0.107. The van der Waals surface area contributed by atoms with Crippen molar-refractivity contribution >= 4 is 16.8 Å². The van der Waals surface area contributed by atoms with Gasteiger partial charge in [-0.25, -0.2) is 0 Å². The molecule has 0 heterocycles. The van der Waals surface area contributed by atoms with Crippen molar-refractivity contribution in [1.82, 2.24) is 0 Å². The van der Waals surface area contributed by atoms with Crippen LogP contribution in [0.2, 0.25) is 0 Å². The third-order valence-electron chi connectivity index (χ3n) is 1.59. The lowest BCUT2D eigenvalue weighted by Gasteiger charge is -1.93. The molecule has 0 saturated heterocycles. The molecule has 68 valence electrons. The van der Waals surface area contributed by atoms with Crippen LogP contribution in [-0.2, 0) is 4.79 Å². The molecule has 1 nitrogen and oxygen atoms in total. The van der Waals surface area contributed by atoms with Crippen LogP contribution in [0.1, 0.15) is 45.4 Å². The Morgan fingerprint density at radius 1 is 1.25 bits per heavy atom. The second-order valence-corrected chi connectivity index (χ2v) is 3.08. The van der Waals surface area contributed by atoms with Crippen LogP contribution in [0.5, 0.6) is 0 Å². The Labute approximate surface area is 79.5 Å². The van der Waals surface area contributed by atoms with Gasteiger partial charge in [-0.1, -0.05) is 38.5 Å². The van der Waals surface area contributed by atoms with E-state index in [1.807, 2.05) is 0 Å². The van der Waals surface area contributed by atoms with E-state index in [1.165, 1.54) is 25.7 Å². The first-order valence-corrected chi connectivity index (χ1v) is 4.83. The highest BCUT2D eigenvalue weighted by Crippen LogP contribution is 2.03. The Bertz CT molecular complexity index is 176. The summed E-state index contributed by atoms with van der Waals surface area (Å²) in [5, 5.41) is -0.552. The number of hydrogen-bond donors (Lipinski definition) is 0. The molecule has 0 aromatic carbocycles. The fourth-order valence-corrected chi connectivity index (χ4v) is 1.02. The molecule has 0 unspecified atom stereocenters. The smallest absolute Gasteiger partial charge is 0.266 e. The summed E-state index contributed by atoms with van der Waals surface area (Å²) in [6.45, 7) is 2.19. The monoisotopic (exact) mass is 186 g/mol. The highest BCUT2D eigenvalue weighted by Gasteiger charge is 1.87. The molecule has 0 N–H and O–H groups in total. The maximum absolute atomic E-state index is 10.2. The molecule has 0 saturated carbocycles. The molecule has 0 aromatic heterocycles. The van der Waals surface area contributed by atoms with Gasteiger partial charge in [0.1, 0.15) is 0 Å². The Morgan fingerprint density at radius 3 is 2.50 bits per heavy atom. The number of carbonyl (C=O) groups excluding carboxylic acids is 1. The number of hydrogen-bond acceptors (Lipinski definition) is 1. The zero-order valence-corrected chi connectivity index (χ0v) is 8.28. The summed E-state index contributed by atoms with van der Waals surface area (Å²) in [6.07, 6.45) is 6.90. The summed E-state index contributed by atoms with van der Waals surface area (Å²) >= 11 is 5.03. The third-order valence-corrected chi connectivity index (χ3v) is 1.69. The van der Waals surface area contributed by atoms with E-state index in [0.29, 0.717) is 0 Å². The van der Waals surface area contributed by atoms with E-state index in [2.05, 4.69) is 18.8 Å². The summed E-state index contributed by atoms with van der Waals surface area (Å²) in [5.74, 6) is 5.04. The highest BCUT2D eigenvalue weighted by atomic mass is 35.5. The summed E-state index contributed by atoms with van der Waals surface area (Å²) < 4.78 is 0. The average molecular weight is 187 g/mol. The first kappa shape index (κ1) is 11.5. The van der Waals surface area contributed by atoms with Crippen LogP contribution in [0.15, 0.2) is 0 Å². The third kappa shape index (κ3) is 9.52. The molecular formula is C10H15ClO. The predicted octanol–water partition coefficient (Wildman–Crippen LogP) is 3.12. The second-order valence-electron chi connectivity index (χ2n) is 2.74. The predicted molar refractivity (Wildman–Crippen MR) is 52.0 cm³/mol. The molecule has 0 spiro atoms. The Kier molecular flexibility index (Phi) is 8.27. The quantitative estimate of drug-likeness (QED) is 0.366. The number of halogens is 1. The second kappa shape index (κ2) is 8.62. The lowest BCUT2D eigenvalue weighted by Crippen LogP contribution is -1.78. The number of carbonyl (C=O) groups is 1. The molecule has 2 heteroatoms. The molecule has 0 radical (unpaired) electrons. The van der Waals surface area contributed by atoms with Gasteiger partial charge in [0.2, 0.25) is 0 Å². The van der Waals surface area contributed by atoms with Crippen LogP contribution in [-0.4, -0.2) is 5.24 Å². The molecule has 0 rings (SSSR count). The van der Waals surface area contributed by atoms with Crippen molar-refractivity contribution in [2.45, 2.75) is 45.4 Å². The van der Waals surface area contributed by atoms with Gasteiger partial charge < -0.3 is 0 Å². The Morgan fingerprint density at radius 2 is 1.92 bits per heavy atom. The van der Waals surface area contributed by atoms with E-state index in [4.69, 9.17) is 11.6 Å². The molecule has 0 fully saturated rings. The van der Waals surface area contributed by atoms with Crippen LogP contribution in [0, 0.1) is 11.8 Å². The van der Waals surface area contributed by atoms with Gasteiger partial charge in [0.05, 0.1) is 0 Å². The van der Waals surface area contributed by atoms with Crippen LogP contribution >= 0.6 is 11.6 Å². The van der Waals surface area contributed by atoms with Crippen molar-refractivity contribution < 1.29 is 4.79 Å². The van der Waals surface area contributed by atoms with Gasteiger partial charge in [-0.3, -0.25) is 4.79 Å². The van der Waals surface area contributed by atoms with Crippen LogP contribution in [0.3, 0.4) is 0 Å². The minimum absolute atomic E-state index is 0.552. The largest absolute Gasteiger partial charge is 0.296 e. The Balaban J connectivity index is 3.12. The van der Waals surface area contributed by atoms with Crippen molar-refractivity contribution in [2.75, 3.05) is 0 Å². The van der Waals surface area contributed by atoms with E-state index in [-0.39, 0.29) is 0 Å². The van der Waals surface area contributed by atoms with Crippen molar-refractivity contribution in [3.05, 3.63) is 0 Å². The summed E-state index contributed by atoms with van der Waals surface area (Å²) in [6, 6.07) is 0. The van der Waals surface area contributed by atoms with E-state index in [0.717, 1.165) is 12.8 Å². The minimum Gasteiger partial charge on any atom is -0.266 e. The van der Waals surface area contributed by atoms with Gasteiger partial charge in [0.15, 0.2) is 0 Å². The lowest BCUT2D eigenvalue weighted by atomic mass is 10.1. The minimum atomic E-state index is -0.552. The van der Waals surface area contributed by atoms with Gasteiger partial charge in [0, 0.05) is 6.42 Å². The van der Waals surface area contributed by atoms with Crippen LogP contribution in [0.25, 0.3) is 0 Å². The average Bonchev–Trinajstić information content (AvgIpc) is 2.02. The van der Waals surface area contributed by atoms with Gasteiger partial charge >= 0.3 is 0 Å². The van der Waals surface area contributed by atoms with Gasteiger partial charge in [-0.05, 0) is 23.9 Å². The van der Waals surface area contributed by atoms with Crippen molar-refractivity contribution in [1.29, 1.82) is 0 Å². The zero-order chi connectivity index (χ0) is 9.23. The van der Waals surface area contributed by atoms with E-state index < -0.39 is 5.24 Å². The molecule has 0 aliphatic carbocycles. The van der Waals surface area contributed by atoms with Crippen molar-refractivity contribution in [3.63, 3.8) is 0 Å². The molecule has 0 aliphatic heterocycles. The van der Waals surface area contributed by atoms with Crippen molar-refractivity contribution in [3.8, 4) is 11.8 Å². The van der Waals surface area contributed by atoms with Gasteiger partial charge in [0.25, 0.3) is 5.24 Å². The molecule has 0 atom stereocenters. The SMILES string of the molecule is CCCCCCCC#CC(=O)Cl. The molecule has 12 heavy (non-hydrogen) atoms. The van der Waals surface area contributed by atoms with E-state index >= 15 is 0 Å². The topological polar surface area (TPSA) is 17.1 Å². The molecular weight excluding hydrogens is 172 g/mol. The first-order chi connectivity index (χ1) is 5.77. The number of rotatable bonds is 5. The normalized spacial score (nSPS) is 8.83. The fraction of sp³-hybridized carbons (Fsp3) is 0.700. The molecule has 0 aromatic rings. The Hall–Kier alpha value is -0.480. The fourth-order valence-electron chi connectivity index (χ4n) is 0.949. The molecule has 0 aliphatic rings. The number of unbranched alkanes of at least 4 members (excludes halogenated alkanes) is 5. The molecule has 0 amide bonds. The maximum Gasteiger partial charge on any atom is 0.296 e. The summed E-state index contributed by atoms with van der Waals surface area (Å²) in [5.41, 5.74) is 0. The summed E-state index contributed by atoms with van der Waals surface area (Å²) in [7, 11) is 0. The van der Waals surface area contributed by atoms with Gasteiger partial charge in [-0.2, -0.15) is 0 Å².